The SMILES string of the molecule is COc1ccc(S(=O)(=O)N(Cc2ccccc2)C(Cc2cn(C)cn2)C(N)=O)cc1.Cl. The highest BCUT2D eigenvalue weighted by molar-refractivity contribution is 7.89. The molecule has 31 heavy (non-hydrogen) atoms. The van der Waals surface area contributed by atoms with Crippen LogP contribution in [0.5, 0.6) is 5.75 Å². The van der Waals surface area contributed by atoms with Crippen LogP contribution < -0.4 is 10.5 Å². The van der Waals surface area contributed by atoms with Crippen LogP contribution in [0.25, 0.3) is 0 Å². The van der Waals surface area contributed by atoms with E-state index in [0.29, 0.717) is 11.4 Å². The molecule has 8 nitrogen and oxygen atoms in total. The Kier molecular flexibility index (Phi) is 8.21. The number of primary amides is 1. The molecule has 0 saturated carbocycles. The van der Waals surface area contributed by atoms with E-state index in [0.717, 1.165) is 9.87 Å². The van der Waals surface area contributed by atoms with Crippen molar-refractivity contribution < 1.29 is 17.9 Å². The van der Waals surface area contributed by atoms with Crippen LogP contribution in [-0.2, 0) is 34.8 Å². The maximum Gasteiger partial charge on any atom is 0.244 e. The second kappa shape index (κ2) is 10.4. The van der Waals surface area contributed by atoms with Crippen LogP contribution >= 0.6 is 12.4 Å². The number of ether oxygens (including phenoxy) is 1. The summed E-state index contributed by atoms with van der Waals surface area (Å²) in [5, 5.41) is 0. The first-order valence-electron chi connectivity index (χ1n) is 9.27. The minimum atomic E-state index is -4.04. The number of amides is 1. The van der Waals surface area contributed by atoms with Gasteiger partial charge in [-0.05, 0) is 29.8 Å². The number of benzene rings is 2. The van der Waals surface area contributed by atoms with Gasteiger partial charge in [-0.2, -0.15) is 4.31 Å². The maximum absolute atomic E-state index is 13.5. The molecule has 1 aromatic heterocycles. The topological polar surface area (TPSA) is 108 Å². The first-order chi connectivity index (χ1) is 14.3. The zero-order valence-corrected chi connectivity index (χ0v) is 18.8. The van der Waals surface area contributed by atoms with Crippen LogP contribution in [-0.4, -0.2) is 41.3 Å². The van der Waals surface area contributed by atoms with E-state index in [-0.39, 0.29) is 30.3 Å². The Bertz CT molecular complexity index is 1100. The molecule has 0 aliphatic carbocycles. The number of imidazole rings is 1. The number of carbonyl (C=O) groups is 1. The van der Waals surface area contributed by atoms with E-state index in [1.165, 1.54) is 19.2 Å². The fraction of sp³-hybridized carbons (Fsp3) is 0.238. The number of hydrogen-bond donors (Lipinski definition) is 1. The molecule has 0 radical (unpaired) electrons. The first-order valence-corrected chi connectivity index (χ1v) is 10.7. The molecule has 166 valence electrons. The molecule has 0 fully saturated rings. The lowest BCUT2D eigenvalue weighted by Crippen LogP contribution is -2.48. The summed E-state index contributed by atoms with van der Waals surface area (Å²) in [5.41, 5.74) is 6.98. The van der Waals surface area contributed by atoms with E-state index in [4.69, 9.17) is 10.5 Å². The van der Waals surface area contributed by atoms with Gasteiger partial charge < -0.3 is 15.0 Å². The van der Waals surface area contributed by atoms with E-state index in [9.17, 15) is 13.2 Å². The third kappa shape index (κ3) is 5.84. The largest absolute Gasteiger partial charge is 0.497 e. The number of halogens is 1. The summed E-state index contributed by atoms with van der Waals surface area (Å²) in [6.07, 6.45) is 3.39. The lowest BCUT2D eigenvalue weighted by Gasteiger charge is -2.28. The molecule has 2 N–H and O–H groups in total. The normalized spacial score (nSPS) is 12.2. The van der Waals surface area contributed by atoms with Gasteiger partial charge in [0.25, 0.3) is 0 Å². The highest BCUT2D eigenvalue weighted by Gasteiger charge is 2.35. The summed E-state index contributed by atoms with van der Waals surface area (Å²) in [7, 11) is -0.741. The van der Waals surface area contributed by atoms with E-state index < -0.39 is 22.0 Å². The van der Waals surface area contributed by atoms with E-state index in [2.05, 4.69) is 4.98 Å². The second-order valence-corrected chi connectivity index (χ2v) is 8.75. The summed E-state index contributed by atoms with van der Waals surface area (Å²) in [6.45, 7) is -0.00432. The van der Waals surface area contributed by atoms with Crippen LogP contribution in [0.1, 0.15) is 11.3 Å². The lowest BCUT2D eigenvalue weighted by molar-refractivity contribution is -0.121. The number of hydrogen-bond acceptors (Lipinski definition) is 5. The van der Waals surface area contributed by atoms with Gasteiger partial charge in [-0.15, -0.1) is 12.4 Å². The van der Waals surface area contributed by atoms with Gasteiger partial charge in [0.15, 0.2) is 0 Å². The summed E-state index contributed by atoms with van der Waals surface area (Å²) in [4.78, 5) is 16.7. The molecule has 3 aromatic rings. The Morgan fingerprint density at radius 3 is 2.32 bits per heavy atom. The third-order valence-corrected chi connectivity index (χ3v) is 6.55. The number of nitrogens with two attached hydrogens (primary N) is 1. The number of methoxy groups -OCH3 is 1. The Labute approximate surface area is 188 Å². The Morgan fingerprint density at radius 1 is 1.16 bits per heavy atom. The molecule has 0 spiro atoms. The molecule has 0 saturated heterocycles. The molecular weight excluding hydrogens is 440 g/mol. The molecule has 2 aromatic carbocycles. The fourth-order valence-corrected chi connectivity index (χ4v) is 4.71. The zero-order valence-electron chi connectivity index (χ0n) is 17.2. The number of nitrogens with zero attached hydrogens (tertiary/aromatic N) is 3. The van der Waals surface area contributed by atoms with Gasteiger partial charge in [0, 0.05) is 26.2 Å². The van der Waals surface area contributed by atoms with Gasteiger partial charge in [0.05, 0.1) is 24.0 Å². The number of carbonyl (C=O) groups excluding carboxylic acids is 1. The van der Waals surface area contributed by atoms with Crippen LogP contribution in [0.15, 0.2) is 72.0 Å². The van der Waals surface area contributed by atoms with Crippen LogP contribution in [0.3, 0.4) is 0 Å². The highest BCUT2D eigenvalue weighted by atomic mass is 35.5. The maximum atomic E-state index is 13.5. The van der Waals surface area contributed by atoms with Crippen LogP contribution in [0.4, 0.5) is 0 Å². The van der Waals surface area contributed by atoms with Crippen molar-refractivity contribution in [1.29, 1.82) is 0 Å². The number of aromatic nitrogens is 2. The minimum Gasteiger partial charge on any atom is -0.497 e. The van der Waals surface area contributed by atoms with E-state index in [1.807, 2.05) is 18.2 Å². The summed E-state index contributed by atoms with van der Waals surface area (Å²) in [6, 6.07) is 14.0. The molecule has 1 heterocycles. The Hall–Kier alpha value is -2.88. The average Bonchev–Trinajstić information content (AvgIpc) is 3.16. The Morgan fingerprint density at radius 2 is 1.81 bits per heavy atom. The Balaban J connectivity index is 0.00000341. The van der Waals surface area contributed by atoms with Crippen molar-refractivity contribution >= 4 is 28.3 Å². The van der Waals surface area contributed by atoms with Gasteiger partial charge in [0.2, 0.25) is 15.9 Å². The number of rotatable bonds is 9. The minimum absolute atomic E-state index is 0. The zero-order chi connectivity index (χ0) is 21.7. The number of aryl methyl sites for hydroxylation is 1. The van der Waals surface area contributed by atoms with Crippen molar-refractivity contribution in [3.8, 4) is 5.75 Å². The van der Waals surface area contributed by atoms with Crippen molar-refractivity contribution in [2.24, 2.45) is 12.8 Å². The summed E-state index contributed by atoms with van der Waals surface area (Å²) >= 11 is 0. The molecule has 1 unspecified atom stereocenters. The predicted octanol–water partition coefficient (Wildman–Crippen LogP) is 2.14. The first kappa shape index (κ1) is 24.4. The highest BCUT2D eigenvalue weighted by Crippen LogP contribution is 2.24. The third-order valence-electron chi connectivity index (χ3n) is 4.68. The smallest absolute Gasteiger partial charge is 0.244 e. The molecule has 0 aliphatic rings. The predicted molar refractivity (Wildman–Crippen MR) is 119 cm³/mol. The van der Waals surface area contributed by atoms with Crippen LogP contribution in [0.2, 0.25) is 0 Å². The molecule has 0 aliphatic heterocycles. The average molecular weight is 465 g/mol. The fourth-order valence-electron chi connectivity index (χ4n) is 3.12. The van der Waals surface area contributed by atoms with Gasteiger partial charge >= 0.3 is 0 Å². The van der Waals surface area contributed by atoms with Crippen molar-refractivity contribution in [3.63, 3.8) is 0 Å². The van der Waals surface area contributed by atoms with Crippen molar-refractivity contribution in [2.75, 3.05) is 7.11 Å². The van der Waals surface area contributed by atoms with Crippen LogP contribution in [0, 0.1) is 0 Å². The molecular formula is C21H25ClN4O4S. The second-order valence-electron chi connectivity index (χ2n) is 6.86. The molecule has 0 bridgehead atoms. The molecule has 3 rings (SSSR count). The standard InChI is InChI=1S/C21H24N4O4S.ClH/c1-24-14-17(23-15-24)12-20(21(22)26)25(13-16-6-4-3-5-7-16)30(27,28)19-10-8-18(29-2)9-11-19;/h3-11,14-15,20H,12-13H2,1-2H3,(H2,22,26);1H. The van der Waals surface area contributed by atoms with Gasteiger partial charge in [-0.3, -0.25) is 4.79 Å². The molecule has 1 amide bonds. The molecule has 1 atom stereocenters. The lowest BCUT2D eigenvalue weighted by atomic mass is 10.1. The van der Waals surface area contributed by atoms with Gasteiger partial charge in [-0.1, -0.05) is 30.3 Å². The monoisotopic (exact) mass is 464 g/mol. The summed E-state index contributed by atoms with van der Waals surface area (Å²) < 4.78 is 35.0. The van der Waals surface area contributed by atoms with Gasteiger partial charge in [0.1, 0.15) is 11.8 Å². The number of sulfonamides is 1. The van der Waals surface area contributed by atoms with Gasteiger partial charge in [-0.25, -0.2) is 13.4 Å². The molecule has 10 heteroatoms. The van der Waals surface area contributed by atoms with Crippen molar-refractivity contribution in [3.05, 3.63) is 78.4 Å². The van der Waals surface area contributed by atoms with Crippen molar-refractivity contribution in [1.82, 2.24) is 13.9 Å². The van der Waals surface area contributed by atoms with Crippen molar-refractivity contribution in [2.45, 2.75) is 23.9 Å². The van der Waals surface area contributed by atoms with E-state index >= 15 is 0 Å². The summed E-state index contributed by atoms with van der Waals surface area (Å²) in [5.74, 6) is -0.211. The van der Waals surface area contributed by atoms with E-state index in [1.54, 1.807) is 48.4 Å². The quantitative estimate of drug-likeness (QED) is 0.522.